The molecule has 2 aromatic rings. The van der Waals surface area contributed by atoms with Crippen LogP contribution in [0.1, 0.15) is 23.7 Å². The maximum Gasteiger partial charge on any atom is 0.306 e. The van der Waals surface area contributed by atoms with E-state index in [0.717, 1.165) is 5.52 Å². The lowest BCUT2D eigenvalue weighted by molar-refractivity contribution is -0.141. The zero-order valence-electron chi connectivity index (χ0n) is 11.0. The third kappa shape index (κ3) is 3.28. The lowest BCUT2D eigenvalue weighted by Crippen LogP contribution is -2.27. The SMILES string of the molecule is CC(CCNC(=O)c1ccc2nccnc2c1)C(=O)O. The van der Waals surface area contributed by atoms with E-state index in [1.165, 1.54) is 0 Å². The fourth-order valence-corrected chi connectivity index (χ4v) is 1.73. The van der Waals surface area contributed by atoms with Crippen molar-refractivity contribution in [3.05, 3.63) is 36.2 Å². The van der Waals surface area contributed by atoms with E-state index < -0.39 is 11.9 Å². The van der Waals surface area contributed by atoms with Crippen molar-refractivity contribution in [1.82, 2.24) is 15.3 Å². The number of carboxylic acid groups (broad SMARTS) is 1. The summed E-state index contributed by atoms with van der Waals surface area (Å²) in [5.74, 6) is -1.58. The highest BCUT2D eigenvalue weighted by molar-refractivity contribution is 5.97. The lowest BCUT2D eigenvalue weighted by Gasteiger charge is -2.08. The zero-order valence-corrected chi connectivity index (χ0v) is 11.0. The van der Waals surface area contributed by atoms with Gasteiger partial charge >= 0.3 is 5.97 Å². The summed E-state index contributed by atoms with van der Waals surface area (Å²) in [6.07, 6.45) is 3.56. The Morgan fingerprint density at radius 2 is 1.95 bits per heavy atom. The minimum Gasteiger partial charge on any atom is -0.481 e. The topological polar surface area (TPSA) is 92.2 Å². The average Bonchev–Trinajstić information content (AvgIpc) is 2.46. The molecule has 1 heterocycles. The van der Waals surface area contributed by atoms with Crippen LogP contribution in [0.5, 0.6) is 0 Å². The molecule has 0 aliphatic carbocycles. The summed E-state index contributed by atoms with van der Waals surface area (Å²) in [5, 5.41) is 11.5. The second-order valence-electron chi connectivity index (χ2n) is 4.54. The Morgan fingerprint density at radius 1 is 1.25 bits per heavy atom. The van der Waals surface area contributed by atoms with Crippen LogP contribution in [-0.4, -0.2) is 33.5 Å². The summed E-state index contributed by atoms with van der Waals surface area (Å²) in [4.78, 5) is 30.9. The number of aliphatic carboxylic acids is 1. The van der Waals surface area contributed by atoms with Gasteiger partial charge in [0.15, 0.2) is 0 Å². The first-order valence-corrected chi connectivity index (χ1v) is 6.29. The lowest BCUT2D eigenvalue weighted by atomic mass is 10.1. The molecule has 1 aromatic carbocycles. The predicted octanol–water partition coefficient (Wildman–Crippen LogP) is 1.47. The zero-order chi connectivity index (χ0) is 14.5. The van der Waals surface area contributed by atoms with Crippen LogP contribution in [0.4, 0.5) is 0 Å². The van der Waals surface area contributed by atoms with E-state index in [9.17, 15) is 9.59 Å². The number of rotatable bonds is 5. The van der Waals surface area contributed by atoms with Gasteiger partial charge in [0.05, 0.1) is 17.0 Å². The fourth-order valence-electron chi connectivity index (χ4n) is 1.73. The summed E-state index contributed by atoms with van der Waals surface area (Å²) >= 11 is 0. The summed E-state index contributed by atoms with van der Waals surface area (Å²) < 4.78 is 0. The minimum atomic E-state index is -0.861. The molecule has 0 aliphatic rings. The Morgan fingerprint density at radius 3 is 2.65 bits per heavy atom. The summed E-state index contributed by atoms with van der Waals surface area (Å²) in [5.41, 5.74) is 1.86. The number of carbonyl (C=O) groups is 2. The molecule has 104 valence electrons. The highest BCUT2D eigenvalue weighted by atomic mass is 16.4. The van der Waals surface area contributed by atoms with Crippen LogP contribution >= 0.6 is 0 Å². The monoisotopic (exact) mass is 273 g/mol. The molecule has 1 atom stereocenters. The van der Waals surface area contributed by atoms with Crippen molar-refractivity contribution >= 4 is 22.9 Å². The molecule has 2 N–H and O–H groups in total. The Kier molecular flexibility index (Phi) is 4.24. The molecule has 0 fully saturated rings. The Bertz CT molecular complexity index is 642. The first-order chi connectivity index (χ1) is 9.58. The molecule has 0 aliphatic heterocycles. The number of hydrogen-bond donors (Lipinski definition) is 2. The third-order valence-electron chi connectivity index (χ3n) is 3.02. The van der Waals surface area contributed by atoms with Crippen LogP contribution in [0.25, 0.3) is 11.0 Å². The van der Waals surface area contributed by atoms with Crippen molar-refractivity contribution in [1.29, 1.82) is 0 Å². The maximum atomic E-state index is 11.9. The first kappa shape index (κ1) is 13.9. The Balaban J connectivity index is 1.99. The number of hydrogen-bond acceptors (Lipinski definition) is 4. The number of nitrogens with zero attached hydrogens (tertiary/aromatic N) is 2. The van der Waals surface area contributed by atoms with Gasteiger partial charge in [-0.15, -0.1) is 0 Å². The molecule has 0 saturated heterocycles. The van der Waals surface area contributed by atoms with E-state index in [-0.39, 0.29) is 5.91 Å². The van der Waals surface area contributed by atoms with Crippen molar-refractivity contribution in [2.24, 2.45) is 5.92 Å². The van der Waals surface area contributed by atoms with Gasteiger partial charge in [-0.2, -0.15) is 0 Å². The number of fused-ring (bicyclic) bond motifs is 1. The molecule has 0 spiro atoms. The van der Waals surface area contributed by atoms with E-state index in [0.29, 0.717) is 24.0 Å². The standard InChI is InChI=1S/C14H15N3O3/c1-9(14(19)20)4-5-17-13(18)10-2-3-11-12(8-10)16-7-6-15-11/h2-3,6-9H,4-5H2,1H3,(H,17,18)(H,19,20). The molecular weight excluding hydrogens is 258 g/mol. The smallest absolute Gasteiger partial charge is 0.306 e. The van der Waals surface area contributed by atoms with Gasteiger partial charge in [0.25, 0.3) is 5.91 Å². The second-order valence-corrected chi connectivity index (χ2v) is 4.54. The summed E-state index contributed by atoms with van der Waals surface area (Å²) in [6, 6.07) is 5.07. The molecule has 1 amide bonds. The highest BCUT2D eigenvalue weighted by Gasteiger charge is 2.12. The van der Waals surface area contributed by atoms with Crippen LogP contribution in [-0.2, 0) is 4.79 Å². The third-order valence-corrected chi connectivity index (χ3v) is 3.02. The number of aromatic nitrogens is 2. The number of benzene rings is 1. The molecule has 1 unspecified atom stereocenters. The largest absolute Gasteiger partial charge is 0.481 e. The number of carboxylic acids is 1. The van der Waals surface area contributed by atoms with E-state index in [4.69, 9.17) is 5.11 Å². The maximum absolute atomic E-state index is 11.9. The molecule has 2 rings (SSSR count). The fraction of sp³-hybridized carbons (Fsp3) is 0.286. The molecule has 6 nitrogen and oxygen atoms in total. The van der Waals surface area contributed by atoms with Gasteiger partial charge in [0.2, 0.25) is 0 Å². The van der Waals surface area contributed by atoms with E-state index in [1.807, 2.05) is 0 Å². The van der Waals surface area contributed by atoms with Crippen LogP contribution in [0.15, 0.2) is 30.6 Å². The van der Waals surface area contributed by atoms with Gasteiger partial charge in [0.1, 0.15) is 0 Å². The first-order valence-electron chi connectivity index (χ1n) is 6.29. The average molecular weight is 273 g/mol. The summed E-state index contributed by atoms with van der Waals surface area (Å²) in [7, 11) is 0. The van der Waals surface area contributed by atoms with Crippen molar-refractivity contribution in [2.75, 3.05) is 6.54 Å². The Hall–Kier alpha value is -2.50. The van der Waals surface area contributed by atoms with Gasteiger partial charge in [-0.3, -0.25) is 19.6 Å². The van der Waals surface area contributed by atoms with E-state index in [2.05, 4.69) is 15.3 Å². The summed E-state index contributed by atoms with van der Waals surface area (Å²) in [6.45, 7) is 1.94. The number of carbonyl (C=O) groups excluding carboxylic acids is 1. The van der Waals surface area contributed by atoms with Crippen LogP contribution in [0.2, 0.25) is 0 Å². The van der Waals surface area contributed by atoms with Gasteiger partial charge in [0, 0.05) is 24.5 Å². The van der Waals surface area contributed by atoms with Gasteiger partial charge in [-0.1, -0.05) is 6.92 Å². The minimum absolute atomic E-state index is 0.241. The number of nitrogens with one attached hydrogen (secondary N) is 1. The molecular formula is C14H15N3O3. The normalized spacial score (nSPS) is 12.1. The van der Waals surface area contributed by atoms with Gasteiger partial charge < -0.3 is 10.4 Å². The second kappa shape index (κ2) is 6.10. The van der Waals surface area contributed by atoms with Gasteiger partial charge in [-0.05, 0) is 24.6 Å². The molecule has 20 heavy (non-hydrogen) atoms. The Labute approximate surface area is 115 Å². The quantitative estimate of drug-likeness (QED) is 0.860. The van der Waals surface area contributed by atoms with Gasteiger partial charge in [-0.25, -0.2) is 0 Å². The van der Waals surface area contributed by atoms with Crippen LogP contribution in [0.3, 0.4) is 0 Å². The van der Waals surface area contributed by atoms with Crippen LogP contribution in [0, 0.1) is 5.92 Å². The van der Waals surface area contributed by atoms with Crippen molar-refractivity contribution in [3.8, 4) is 0 Å². The van der Waals surface area contributed by atoms with Crippen molar-refractivity contribution < 1.29 is 14.7 Å². The molecule has 1 aromatic heterocycles. The van der Waals surface area contributed by atoms with E-state index >= 15 is 0 Å². The number of amides is 1. The highest BCUT2D eigenvalue weighted by Crippen LogP contribution is 2.10. The molecule has 0 saturated carbocycles. The predicted molar refractivity (Wildman–Crippen MR) is 73.3 cm³/mol. The molecule has 6 heteroatoms. The molecule has 0 bridgehead atoms. The van der Waals surface area contributed by atoms with Crippen molar-refractivity contribution in [3.63, 3.8) is 0 Å². The van der Waals surface area contributed by atoms with Crippen LogP contribution < -0.4 is 5.32 Å². The molecule has 0 radical (unpaired) electrons. The van der Waals surface area contributed by atoms with Crippen molar-refractivity contribution in [2.45, 2.75) is 13.3 Å². The van der Waals surface area contributed by atoms with E-state index in [1.54, 1.807) is 37.5 Å².